The Labute approximate surface area is 128 Å². The zero-order chi connectivity index (χ0) is 13.9. The van der Waals surface area contributed by atoms with Crippen LogP contribution < -0.4 is 5.32 Å². The van der Waals surface area contributed by atoms with E-state index in [-0.39, 0.29) is 0 Å². The Morgan fingerprint density at radius 3 is 2.76 bits per heavy atom. The Kier molecular flexibility index (Phi) is 2.75. The van der Waals surface area contributed by atoms with Gasteiger partial charge in [0.05, 0.1) is 0 Å². The molecule has 1 heterocycles. The molecule has 0 radical (unpaired) electrons. The average Bonchev–Trinajstić information content (AvgIpc) is 3.41. The van der Waals surface area contributed by atoms with Gasteiger partial charge < -0.3 is 5.32 Å². The van der Waals surface area contributed by atoms with Gasteiger partial charge in [-0.25, -0.2) is 0 Å². The molecular weight excluding hydrogens is 256 g/mol. The summed E-state index contributed by atoms with van der Waals surface area (Å²) in [5.41, 5.74) is 4.18. The molecule has 5 rings (SSSR count). The second-order valence-corrected chi connectivity index (χ2v) is 7.67. The molecule has 1 N–H and O–H groups in total. The molecule has 3 fully saturated rings. The van der Waals surface area contributed by atoms with Gasteiger partial charge in [-0.15, -0.1) is 0 Å². The first-order valence-corrected chi connectivity index (χ1v) is 8.89. The fraction of sp³-hybridized carbons (Fsp3) is 0.684. The number of piperazine rings is 1. The lowest BCUT2D eigenvalue weighted by atomic mass is 9.86. The van der Waals surface area contributed by atoms with Gasteiger partial charge in [-0.2, -0.15) is 0 Å². The Morgan fingerprint density at radius 1 is 1.10 bits per heavy atom. The standard InChI is InChI=1S/C19H26N2/c1-2-4-17-18(19(17)7-8-19)16-13-15(6-5-14(16)3-1)21-11-9-20-10-12-21/h1-2,5,13,15,17-18,20H,3-4,6-12H2. The molecule has 4 aliphatic carbocycles. The maximum absolute atomic E-state index is 3.48. The lowest BCUT2D eigenvalue weighted by molar-refractivity contribution is 0.200. The predicted octanol–water partition coefficient (Wildman–Crippen LogP) is 2.89. The molecule has 0 amide bonds. The zero-order valence-electron chi connectivity index (χ0n) is 12.9. The maximum atomic E-state index is 3.48. The van der Waals surface area contributed by atoms with Gasteiger partial charge in [0, 0.05) is 32.2 Å². The first-order valence-electron chi connectivity index (χ1n) is 8.89. The SMILES string of the molecule is C1=CCC2C(C3=CC(N4CCNCC4)CC=C3C1)C21CC1. The van der Waals surface area contributed by atoms with Crippen LogP contribution in [0, 0.1) is 17.3 Å². The molecule has 3 atom stereocenters. The van der Waals surface area contributed by atoms with Crippen molar-refractivity contribution in [3.05, 3.63) is 35.5 Å². The van der Waals surface area contributed by atoms with Gasteiger partial charge in [0.25, 0.3) is 0 Å². The van der Waals surface area contributed by atoms with Crippen molar-refractivity contribution >= 4 is 0 Å². The van der Waals surface area contributed by atoms with E-state index < -0.39 is 0 Å². The van der Waals surface area contributed by atoms with E-state index in [4.69, 9.17) is 0 Å². The summed E-state index contributed by atoms with van der Waals surface area (Å²) in [5.74, 6) is 1.89. The number of nitrogens with one attached hydrogen (secondary N) is 1. The van der Waals surface area contributed by atoms with Crippen LogP contribution in [0.1, 0.15) is 32.1 Å². The fourth-order valence-corrected chi connectivity index (χ4v) is 5.29. The third-order valence-corrected chi connectivity index (χ3v) is 6.68. The molecule has 0 aromatic carbocycles. The van der Waals surface area contributed by atoms with Gasteiger partial charge in [-0.1, -0.05) is 24.3 Å². The molecule has 2 nitrogen and oxygen atoms in total. The highest BCUT2D eigenvalue weighted by atomic mass is 15.2. The van der Waals surface area contributed by atoms with E-state index in [1.165, 1.54) is 45.2 Å². The van der Waals surface area contributed by atoms with Crippen LogP contribution in [-0.4, -0.2) is 37.1 Å². The largest absolute Gasteiger partial charge is 0.314 e. The molecule has 3 unspecified atom stereocenters. The second kappa shape index (κ2) is 4.57. The average molecular weight is 282 g/mol. The molecule has 112 valence electrons. The van der Waals surface area contributed by atoms with E-state index in [2.05, 4.69) is 34.5 Å². The van der Waals surface area contributed by atoms with E-state index >= 15 is 0 Å². The lowest BCUT2D eigenvalue weighted by Gasteiger charge is -2.35. The van der Waals surface area contributed by atoms with Crippen LogP contribution in [0.25, 0.3) is 0 Å². The quantitative estimate of drug-likeness (QED) is 0.744. The molecule has 1 aliphatic heterocycles. The van der Waals surface area contributed by atoms with Gasteiger partial charge in [-0.05, 0) is 60.5 Å². The number of rotatable bonds is 1. The van der Waals surface area contributed by atoms with E-state index in [9.17, 15) is 0 Å². The summed E-state index contributed by atoms with van der Waals surface area (Å²) < 4.78 is 0. The molecule has 0 aromatic heterocycles. The monoisotopic (exact) mass is 282 g/mol. The van der Waals surface area contributed by atoms with Crippen LogP contribution in [0.3, 0.4) is 0 Å². The van der Waals surface area contributed by atoms with Crippen molar-refractivity contribution in [1.82, 2.24) is 10.2 Å². The zero-order valence-corrected chi connectivity index (χ0v) is 12.9. The van der Waals surface area contributed by atoms with E-state index in [0.717, 1.165) is 30.3 Å². The summed E-state index contributed by atoms with van der Waals surface area (Å²) in [6, 6.07) is 0.673. The molecule has 5 aliphatic rings. The van der Waals surface area contributed by atoms with Gasteiger partial charge in [0.2, 0.25) is 0 Å². The van der Waals surface area contributed by atoms with Gasteiger partial charge in [0.15, 0.2) is 0 Å². The number of nitrogens with zero attached hydrogens (tertiary/aromatic N) is 1. The molecule has 0 aromatic rings. The van der Waals surface area contributed by atoms with E-state index in [0.29, 0.717) is 6.04 Å². The Bertz CT molecular complexity index is 532. The molecule has 1 spiro atoms. The topological polar surface area (TPSA) is 15.3 Å². The summed E-state index contributed by atoms with van der Waals surface area (Å²) in [7, 11) is 0. The van der Waals surface area contributed by atoms with Crippen LogP contribution in [0.4, 0.5) is 0 Å². The smallest absolute Gasteiger partial charge is 0.0319 e. The summed E-state index contributed by atoms with van der Waals surface area (Å²) in [6.07, 6.45) is 16.9. The number of fused-ring (bicyclic) bond motifs is 5. The lowest BCUT2D eigenvalue weighted by Crippen LogP contribution is -2.48. The van der Waals surface area contributed by atoms with Crippen LogP contribution in [0.2, 0.25) is 0 Å². The highest BCUT2D eigenvalue weighted by Crippen LogP contribution is 2.79. The Balaban J connectivity index is 1.45. The normalized spacial score (nSPS) is 40.5. The van der Waals surface area contributed by atoms with Crippen LogP contribution in [0.15, 0.2) is 35.5 Å². The first kappa shape index (κ1) is 12.7. The van der Waals surface area contributed by atoms with Crippen molar-refractivity contribution in [2.24, 2.45) is 17.3 Å². The Morgan fingerprint density at radius 2 is 1.95 bits per heavy atom. The molecule has 2 heteroatoms. The minimum Gasteiger partial charge on any atom is -0.314 e. The molecule has 1 saturated heterocycles. The highest BCUT2D eigenvalue weighted by Gasteiger charge is 2.71. The van der Waals surface area contributed by atoms with Gasteiger partial charge in [-0.3, -0.25) is 4.90 Å². The van der Waals surface area contributed by atoms with E-state index in [1.807, 2.05) is 0 Å². The van der Waals surface area contributed by atoms with Crippen LogP contribution in [-0.2, 0) is 0 Å². The van der Waals surface area contributed by atoms with Crippen LogP contribution in [0.5, 0.6) is 0 Å². The van der Waals surface area contributed by atoms with Crippen molar-refractivity contribution in [3.8, 4) is 0 Å². The predicted molar refractivity (Wildman–Crippen MR) is 86.0 cm³/mol. The number of hydrogen-bond donors (Lipinski definition) is 1. The second-order valence-electron chi connectivity index (χ2n) is 7.67. The number of allylic oxidation sites excluding steroid dienone is 4. The summed E-state index contributed by atoms with van der Waals surface area (Å²) in [5, 5.41) is 3.48. The first-order chi connectivity index (χ1) is 10.4. The Hall–Kier alpha value is -0.860. The van der Waals surface area contributed by atoms with Crippen molar-refractivity contribution in [1.29, 1.82) is 0 Å². The van der Waals surface area contributed by atoms with Crippen molar-refractivity contribution in [2.75, 3.05) is 26.2 Å². The third kappa shape index (κ3) is 1.92. The van der Waals surface area contributed by atoms with Crippen molar-refractivity contribution in [3.63, 3.8) is 0 Å². The van der Waals surface area contributed by atoms with Gasteiger partial charge in [0.1, 0.15) is 0 Å². The third-order valence-electron chi connectivity index (χ3n) is 6.68. The molecular formula is C19H26N2. The van der Waals surface area contributed by atoms with Crippen molar-refractivity contribution < 1.29 is 0 Å². The highest BCUT2D eigenvalue weighted by molar-refractivity contribution is 5.47. The van der Waals surface area contributed by atoms with Crippen molar-refractivity contribution in [2.45, 2.75) is 38.1 Å². The van der Waals surface area contributed by atoms with Crippen LogP contribution >= 0.6 is 0 Å². The van der Waals surface area contributed by atoms with Gasteiger partial charge >= 0.3 is 0 Å². The molecule has 2 saturated carbocycles. The number of hydrogen-bond acceptors (Lipinski definition) is 2. The summed E-state index contributed by atoms with van der Waals surface area (Å²) in [6.45, 7) is 4.76. The minimum atomic E-state index is 0.673. The summed E-state index contributed by atoms with van der Waals surface area (Å²) in [4.78, 5) is 2.70. The molecule has 0 bridgehead atoms. The maximum Gasteiger partial charge on any atom is 0.0319 e. The fourth-order valence-electron chi connectivity index (χ4n) is 5.29. The summed E-state index contributed by atoms with van der Waals surface area (Å²) >= 11 is 0. The minimum absolute atomic E-state index is 0.673. The molecule has 21 heavy (non-hydrogen) atoms. The van der Waals surface area contributed by atoms with E-state index in [1.54, 1.807) is 11.1 Å².